The van der Waals surface area contributed by atoms with Gasteiger partial charge in [-0.25, -0.2) is 4.39 Å². The molecule has 2 aliphatic heterocycles. The predicted molar refractivity (Wildman–Crippen MR) is 77.4 cm³/mol. The average Bonchev–Trinajstić information content (AvgIpc) is 2.82. The van der Waals surface area contributed by atoms with Gasteiger partial charge in [-0.1, -0.05) is 12.1 Å². The molecule has 1 aromatic carbocycles. The fourth-order valence-corrected chi connectivity index (χ4v) is 3.21. The van der Waals surface area contributed by atoms with Gasteiger partial charge in [0.15, 0.2) is 0 Å². The molecule has 114 valence electrons. The first-order valence-electron chi connectivity index (χ1n) is 7.49. The van der Waals surface area contributed by atoms with Crippen LogP contribution in [0.3, 0.4) is 0 Å². The number of fused-ring (bicyclic) bond motifs is 1. The molecule has 4 nitrogen and oxygen atoms in total. The first kappa shape index (κ1) is 14.5. The Morgan fingerprint density at radius 1 is 1.38 bits per heavy atom. The van der Waals surface area contributed by atoms with Crippen LogP contribution >= 0.6 is 0 Å². The number of halogens is 1. The van der Waals surface area contributed by atoms with Gasteiger partial charge in [-0.05, 0) is 31.0 Å². The maximum Gasteiger partial charge on any atom is 0.224 e. The van der Waals surface area contributed by atoms with Crippen LogP contribution < -0.4 is 5.32 Å². The van der Waals surface area contributed by atoms with Crippen molar-refractivity contribution in [3.8, 4) is 0 Å². The van der Waals surface area contributed by atoms with Crippen molar-refractivity contribution in [1.29, 1.82) is 0 Å². The van der Waals surface area contributed by atoms with E-state index in [-0.39, 0.29) is 23.9 Å². The lowest BCUT2D eigenvalue weighted by Crippen LogP contribution is -2.45. The van der Waals surface area contributed by atoms with Gasteiger partial charge in [0.05, 0.1) is 19.1 Å². The van der Waals surface area contributed by atoms with Crippen LogP contribution in [-0.2, 0) is 16.0 Å². The van der Waals surface area contributed by atoms with Gasteiger partial charge in [0.1, 0.15) is 5.82 Å². The standard InChI is InChI=1S/C16H21FN2O2/c1-11-8-19-9-14(7-15(19)10-21-11)18-16(20)6-12-2-4-13(17)5-3-12/h2-5,11,14-15H,6-10H2,1H3,(H,18,20)/t11-,14+,15-/m0/s1. The van der Waals surface area contributed by atoms with Crippen LogP contribution in [0.25, 0.3) is 0 Å². The van der Waals surface area contributed by atoms with E-state index in [9.17, 15) is 9.18 Å². The van der Waals surface area contributed by atoms with E-state index in [1.54, 1.807) is 12.1 Å². The molecule has 1 amide bonds. The molecule has 2 fully saturated rings. The number of rotatable bonds is 3. The van der Waals surface area contributed by atoms with Crippen molar-refractivity contribution in [1.82, 2.24) is 10.2 Å². The summed E-state index contributed by atoms with van der Waals surface area (Å²) < 4.78 is 18.5. The SMILES string of the molecule is C[C@H]1CN2C[C@H](NC(=O)Cc3ccc(F)cc3)C[C@H]2CO1. The highest BCUT2D eigenvalue weighted by Gasteiger charge is 2.36. The number of morpholine rings is 1. The number of nitrogens with one attached hydrogen (secondary N) is 1. The van der Waals surface area contributed by atoms with Crippen LogP contribution in [0.4, 0.5) is 4.39 Å². The Labute approximate surface area is 124 Å². The Kier molecular flexibility index (Phi) is 4.22. The Hall–Kier alpha value is -1.46. The van der Waals surface area contributed by atoms with Crippen LogP contribution in [0.2, 0.25) is 0 Å². The molecule has 0 spiro atoms. The molecular formula is C16H21FN2O2. The topological polar surface area (TPSA) is 41.6 Å². The number of amides is 1. The van der Waals surface area contributed by atoms with Crippen LogP contribution in [0, 0.1) is 5.82 Å². The number of benzene rings is 1. The lowest BCUT2D eigenvalue weighted by molar-refractivity contribution is -0.121. The van der Waals surface area contributed by atoms with Crippen LogP contribution in [-0.4, -0.2) is 48.7 Å². The summed E-state index contributed by atoms with van der Waals surface area (Å²) in [7, 11) is 0. The molecule has 2 saturated heterocycles. The van der Waals surface area contributed by atoms with Crippen molar-refractivity contribution in [2.75, 3.05) is 19.7 Å². The van der Waals surface area contributed by atoms with Gasteiger partial charge >= 0.3 is 0 Å². The second kappa shape index (κ2) is 6.12. The largest absolute Gasteiger partial charge is 0.376 e. The van der Waals surface area contributed by atoms with Crippen molar-refractivity contribution >= 4 is 5.91 Å². The lowest BCUT2D eigenvalue weighted by atomic mass is 10.1. The van der Waals surface area contributed by atoms with E-state index in [1.807, 2.05) is 0 Å². The third-order valence-electron chi connectivity index (χ3n) is 4.24. The number of nitrogens with zero attached hydrogens (tertiary/aromatic N) is 1. The zero-order chi connectivity index (χ0) is 14.8. The zero-order valence-electron chi connectivity index (χ0n) is 12.2. The molecule has 0 aliphatic carbocycles. The molecule has 0 unspecified atom stereocenters. The minimum Gasteiger partial charge on any atom is -0.376 e. The first-order valence-corrected chi connectivity index (χ1v) is 7.49. The normalized spacial score (nSPS) is 29.1. The summed E-state index contributed by atoms with van der Waals surface area (Å²) in [5.74, 6) is -0.277. The summed E-state index contributed by atoms with van der Waals surface area (Å²) in [5, 5.41) is 3.08. The second-order valence-corrected chi connectivity index (χ2v) is 6.06. The van der Waals surface area contributed by atoms with Crippen molar-refractivity contribution in [2.45, 2.75) is 38.0 Å². The molecule has 0 saturated carbocycles. The summed E-state index contributed by atoms with van der Waals surface area (Å²) in [6, 6.07) is 6.70. The van der Waals surface area contributed by atoms with Gasteiger partial charge in [0.25, 0.3) is 0 Å². The quantitative estimate of drug-likeness (QED) is 0.914. The Bertz CT molecular complexity index is 506. The van der Waals surface area contributed by atoms with Gasteiger partial charge in [0.2, 0.25) is 5.91 Å². The van der Waals surface area contributed by atoms with Crippen molar-refractivity contribution in [3.05, 3.63) is 35.6 Å². The van der Waals surface area contributed by atoms with Crippen molar-refractivity contribution in [2.24, 2.45) is 0 Å². The lowest BCUT2D eigenvalue weighted by Gasteiger charge is -2.33. The Morgan fingerprint density at radius 3 is 2.90 bits per heavy atom. The zero-order valence-corrected chi connectivity index (χ0v) is 12.2. The van der Waals surface area contributed by atoms with Gasteiger partial charge in [0, 0.05) is 25.2 Å². The molecule has 0 bridgehead atoms. The molecule has 3 rings (SSSR count). The average molecular weight is 292 g/mol. The molecule has 3 atom stereocenters. The highest BCUT2D eigenvalue weighted by Crippen LogP contribution is 2.23. The highest BCUT2D eigenvalue weighted by molar-refractivity contribution is 5.78. The van der Waals surface area contributed by atoms with Crippen molar-refractivity contribution in [3.63, 3.8) is 0 Å². The van der Waals surface area contributed by atoms with Crippen LogP contribution in [0.15, 0.2) is 24.3 Å². The minimum absolute atomic E-state index is 0.000391. The van der Waals surface area contributed by atoms with E-state index in [0.29, 0.717) is 12.5 Å². The highest BCUT2D eigenvalue weighted by atomic mass is 19.1. The molecular weight excluding hydrogens is 271 g/mol. The minimum atomic E-state index is -0.277. The van der Waals surface area contributed by atoms with Gasteiger partial charge in [-0.15, -0.1) is 0 Å². The number of hydrogen-bond acceptors (Lipinski definition) is 3. The van der Waals surface area contributed by atoms with Crippen LogP contribution in [0.1, 0.15) is 18.9 Å². The summed E-state index contributed by atoms with van der Waals surface area (Å²) >= 11 is 0. The predicted octanol–water partition coefficient (Wildman–Crippen LogP) is 1.35. The van der Waals surface area contributed by atoms with Gasteiger partial charge < -0.3 is 10.1 Å². The molecule has 0 aromatic heterocycles. The van der Waals surface area contributed by atoms with Gasteiger partial charge in [-0.3, -0.25) is 9.69 Å². The van der Waals surface area contributed by atoms with E-state index in [4.69, 9.17) is 4.74 Å². The maximum absolute atomic E-state index is 12.8. The molecule has 1 aromatic rings. The van der Waals surface area contributed by atoms with E-state index in [0.717, 1.165) is 31.7 Å². The number of carbonyl (C=O) groups excluding carboxylic acids is 1. The fraction of sp³-hybridized carbons (Fsp3) is 0.562. The van der Waals surface area contributed by atoms with E-state index in [1.165, 1.54) is 12.1 Å². The summed E-state index contributed by atoms with van der Waals surface area (Å²) in [6.07, 6.45) is 1.52. The molecule has 2 aliphatic rings. The first-order chi connectivity index (χ1) is 10.1. The monoisotopic (exact) mass is 292 g/mol. The van der Waals surface area contributed by atoms with Gasteiger partial charge in [-0.2, -0.15) is 0 Å². The second-order valence-electron chi connectivity index (χ2n) is 6.06. The molecule has 5 heteroatoms. The molecule has 2 heterocycles. The third-order valence-corrected chi connectivity index (χ3v) is 4.24. The molecule has 1 N–H and O–H groups in total. The van der Waals surface area contributed by atoms with Crippen molar-refractivity contribution < 1.29 is 13.9 Å². The number of hydrogen-bond donors (Lipinski definition) is 1. The summed E-state index contributed by atoms with van der Waals surface area (Å²) in [4.78, 5) is 14.5. The number of ether oxygens (including phenoxy) is 1. The summed E-state index contributed by atoms with van der Waals surface area (Å²) in [5.41, 5.74) is 0.835. The third kappa shape index (κ3) is 3.60. The van der Waals surface area contributed by atoms with E-state index in [2.05, 4.69) is 17.1 Å². The Balaban J connectivity index is 1.50. The fourth-order valence-electron chi connectivity index (χ4n) is 3.21. The van der Waals surface area contributed by atoms with E-state index < -0.39 is 0 Å². The molecule has 21 heavy (non-hydrogen) atoms. The van der Waals surface area contributed by atoms with Crippen LogP contribution in [0.5, 0.6) is 0 Å². The Morgan fingerprint density at radius 2 is 2.14 bits per heavy atom. The smallest absolute Gasteiger partial charge is 0.224 e. The number of carbonyl (C=O) groups is 1. The summed E-state index contributed by atoms with van der Waals surface area (Å²) in [6.45, 7) is 4.67. The maximum atomic E-state index is 12.8. The van der Waals surface area contributed by atoms with E-state index >= 15 is 0 Å². The molecule has 0 radical (unpaired) electrons.